The molecule has 0 unspecified atom stereocenters. The van der Waals surface area contributed by atoms with Crippen molar-refractivity contribution >= 4 is 27.3 Å². The van der Waals surface area contributed by atoms with E-state index in [-0.39, 0.29) is 22.1 Å². The summed E-state index contributed by atoms with van der Waals surface area (Å²) in [7, 11) is 1.56. The van der Waals surface area contributed by atoms with E-state index in [1.54, 1.807) is 13.2 Å². The Morgan fingerprint density at radius 3 is 2.64 bits per heavy atom. The zero-order chi connectivity index (χ0) is 16.5. The van der Waals surface area contributed by atoms with Gasteiger partial charge in [-0.05, 0) is 46.5 Å². The van der Waals surface area contributed by atoms with Gasteiger partial charge in [-0.25, -0.2) is 0 Å². The molecule has 0 aromatic heterocycles. The van der Waals surface area contributed by atoms with Crippen LogP contribution in [0.15, 0.2) is 16.6 Å². The van der Waals surface area contributed by atoms with Gasteiger partial charge >= 0.3 is 0 Å². The third kappa shape index (κ3) is 3.91. The first-order valence-electron chi connectivity index (χ1n) is 7.50. The molecule has 0 saturated heterocycles. The summed E-state index contributed by atoms with van der Waals surface area (Å²) < 4.78 is 5.85. The van der Waals surface area contributed by atoms with E-state index >= 15 is 0 Å². The molecule has 0 heterocycles. The number of nitro benzene ring substituents is 1. The van der Waals surface area contributed by atoms with Crippen molar-refractivity contribution in [3.8, 4) is 5.75 Å². The van der Waals surface area contributed by atoms with Crippen molar-refractivity contribution in [1.29, 1.82) is 0 Å². The lowest BCUT2D eigenvalue weighted by Crippen LogP contribution is -2.35. The Kier molecular flexibility index (Phi) is 5.00. The van der Waals surface area contributed by atoms with Gasteiger partial charge in [0.25, 0.3) is 5.69 Å². The van der Waals surface area contributed by atoms with Crippen LogP contribution in [0.25, 0.3) is 0 Å². The maximum atomic E-state index is 11.3. The standard InChI is InChI=1S/C16H23BrN2O3/c1-10-5-11(9-16(2,3)8-10)18-13-7-15(22-4)12(17)6-14(13)19(20)21/h6-7,10-11,18H,5,8-9H2,1-4H3/t10-,11+/m0/s1. The number of rotatable bonds is 4. The number of nitrogens with zero attached hydrogens (tertiary/aromatic N) is 1. The smallest absolute Gasteiger partial charge is 0.293 e. The first kappa shape index (κ1) is 17.1. The van der Waals surface area contributed by atoms with Crippen LogP contribution in [0.4, 0.5) is 11.4 Å². The van der Waals surface area contributed by atoms with Gasteiger partial charge in [0.1, 0.15) is 11.4 Å². The van der Waals surface area contributed by atoms with Crippen LogP contribution in [0.1, 0.15) is 40.0 Å². The van der Waals surface area contributed by atoms with Gasteiger partial charge in [0.15, 0.2) is 0 Å². The number of benzene rings is 1. The highest BCUT2D eigenvalue weighted by molar-refractivity contribution is 9.10. The third-order valence-corrected chi connectivity index (χ3v) is 4.83. The molecular weight excluding hydrogens is 348 g/mol. The number of nitro groups is 1. The first-order chi connectivity index (χ1) is 10.2. The zero-order valence-corrected chi connectivity index (χ0v) is 15.1. The molecule has 5 nitrogen and oxygen atoms in total. The Balaban J connectivity index is 2.29. The van der Waals surface area contributed by atoms with Crippen LogP contribution in [0.2, 0.25) is 0 Å². The van der Waals surface area contributed by atoms with Crippen LogP contribution in [-0.2, 0) is 0 Å². The minimum atomic E-state index is -0.357. The molecule has 1 aromatic carbocycles. The molecule has 0 amide bonds. The fourth-order valence-electron chi connectivity index (χ4n) is 3.64. The summed E-state index contributed by atoms with van der Waals surface area (Å²) in [5.74, 6) is 1.20. The largest absolute Gasteiger partial charge is 0.495 e. The number of ether oxygens (including phenoxy) is 1. The summed E-state index contributed by atoms with van der Waals surface area (Å²) in [6.07, 6.45) is 3.22. The monoisotopic (exact) mass is 370 g/mol. The second-order valence-corrected chi connectivity index (χ2v) is 7.87. The normalized spacial score (nSPS) is 23.9. The molecule has 1 N–H and O–H groups in total. The van der Waals surface area contributed by atoms with Gasteiger partial charge < -0.3 is 10.1 Å². The quantitative estimate of drug-likeness (QED) is 0.598. The lowest BCUT2D eigenvalue weighted by molar-refractivity contribution is -0.384. The predicted octanol–water partition coefficient (Wildman–Crippen LogP) is 4.99. The molecule has 1 aromatic rings. The number of anilines is 1. The molecular formula is C16H23BrN2O3. The third-order valence-electron chi connectivity index (χ3n) is 4.21. The number of methoxy groups -OCH3 is 1. The molecule has 6 heteroatoms. The van der Waals surface area contributed by atoms with Gasteiger partial charge in [-0.15, -0.1) is 0 Å². The van der Waals surface area contributed by atoms with Crippen LogP contribution in [-0.4, -0.2) is 18.1 Å². The molecule has 0 radical (unpaired) electrons. The van der Waals surface area contributed by atoms with E-state index in [2.05, 4.69) is 42.0 Å². The lowest BCUT2D eigenvalue weighted by Gasteiger charge is -2.39. The Labute approximate surface area is 139 Å². The molecule has 1 saturated carbocycles. The molecule has 1 fully saturated rings. The topological polar surface area (TPSA) is 64.4 Å². The maximum absolute atomic E-state index is 11.3. The number of halogens is 1. The molecule has 1 aliphatic carbocycles. The fourth-order valence-corrected chi connectivity index (χ4v) is 4.14. The van der Waals surface area contributed by atoms with E-state index in [4.69, 9.17) is 4.74 Å². The summed E-state index contributed by atoms with van der Waals surface area (Å²) >= 11 is 3.31. The minimum absolute atomic E-state index is 0.0729. The average molecular weight is 371 g/mol. The van der Waals surface area contributed by atoms with E-state index in [9.17, 15) is 10.1 Å². The van der Waals surface area contributed by atoms with Crippen molar-refractivity contribution in [3.63, 3.8) is 0 Å². The van der Waals surface area contributed by atoms with Crippen molar-refractivity contribution in [2.24, 2.45) is 11.3 Å². The highest BCUT2D eigenvalue weighted by atomic mass is 79.9. The Bertz CT molecular complexity index is 575. The van der Waals surface area contributed by atoms with Crippen molar-refractivity contribution < 1.29 is 9.66 Å². The van der Waals surface area contributed by atoms with Crippen LogP contribution in [0, 0.1) is 21.4 Å². The first-order valence-corrected chi connectivity index (χ1v) is 8.29. The van der Waals surface area contributed by atoms with Crippen molar-refractivity contribution in [3.05, 3.63) is 26.7 Å². The van der Waals surface area contributed by atoms with Crippen LogP contribution in [0.3, 0.4) is 0 Å². The van der Waals surface area contributed by atoms with Gasteiger partial charge in [-0.3, -0.25) is 10.1 Å². The minimum Gasteiger partial charge on any atom is -0.495 e. The second-order valence-electron chi connectivity index (χ2n) is 7.02. The molecule has 0 bridgehead atoms. The number of hydrogen-bond acceptors (Lipinski definition) is 4. The fraction of sp³-hybridized carbons (Fsp3) is 0.625. The SMILES string of the molecule is COc1cc(N[C@@H]2C[C@H](C)CC(C)(C)C2)c([N+](=O)[O-])cc1Br. The van der Waals surface area contributed by atoms with Gasteiger partial charge in [-0.2, -0.15) is 0 Å². The predicted molar refractivity (Wildman–Crippen MR) is 91.6 cm³/mol. The van der Waals surface area contributed by atoms with Gasteiger partial charge in [0.2, 0.25) is 0 Å². The van der Waals surface area contributed by atoms with Crippen LogP contribution >= 0.6 is 15.9 Å². The molecule has 0 aliphatic heterocycles. The number of hydrogen-bond donors (Lipinski definition) is 1. The van der Waals surface area contributed by atoms with Gasteiger partial charge in [0.05, 0.1) is 16.5 Å². The summed E-state index contributed by atoms with van der Waals surface area (Å²) in [6, 6.07) is 3.44. The van der Waals surface area contributed by atoms with Crippen molar-refractivity contribution in [2.75, 3.05) is 12.4 Å². The maximum Gasteiger partial charge on any atom is 0.293 e. The molecule has 2 atom stereocenters. The summed E-state index contributed by atoms with van der Waals surface area (Å²) in [5.41, 5.74) is 0.854. The van der Waals surface area contributed by atoms with Gasteiger partial charge in [0, 0.05) is 18.2 Å². The van der Waals surface area contributed by atoms with E-state index < -0.39 is 0 Å². The average Bonchev–Trinajstić information content (AvgIpc) is 2.37. The van der Waals surface area contributed by atoms with Crippen LogP contribution in [0.5, 0.6) is 5.75 Å². The molecule has 22 heavy (non-hydrogen) atoms. The van der Waals surface area contributed by atoms with E-state index in [0.29, 0.717) is 21.8 Å². The Morgan fingerprint density at radius 2 is 2.09 bits per heavy atom. The summed E-state index contributed by atoms with van der Waals surface area (Å²) in [6.45, 7) is 6.76. The van der Waals surface area contributed by atoms with E-state index in [1.807, 2.05) is 0 Å². The molecule has 0 spiro atoms. The van der Waals surface area contributed by atoms with Crippen LogP contribution < -0.4 is 10.1 Å². The number of nitrogens with one attached hydrogen (secondary N) is 1. The highest BCUT2D eigenvalue weighted by Crippen LogP contribution is 2.42. The zero-order valence-electron chi connectivity index (χ0n) is 13.5. The summed E-state index contributed by atoms with van der Waals surface area (Å²) in [4.78, 5) is 11.0. The van der Waals surface area contributed by atoms with Crippen molar-refractivity contribution in [1.82, 2.24) is 0 Å². The van der Waals surface area contributed by atoms with Gasteiger partial charge in [-0.1, -0.05) is 20.8 Å². The molecule has 1 aliphatic rings. The Hall–Kier alpha value is -1.30. The summed E-state index contributed by atoms with van der Waals surface area (Å²) in [5, 5.41) is 14.7. The lowest BCUT2D eigenvalue weighted by atomic mass is 9.70. The van der Waals surface area contributed by atoms with E-state index in [0.717, 1.165) is 12.8 Å². The van der Waals surface area contributed by atoms with Crippen molar-refractivity contribution in [2.45, 2.75) is 46.1 Å². The highest BCUT2D eigenvalue weighted by Gasteiger charge is 2.33. The van der Waals surface area contributed by atoms with E-state index in [1.165, 1.54) is 12.5 Å². The molecule has 122 valence electrons. The second kappa shape index (κ2) is 6.44. The Morgan fingerprint density at radius 1 is 1.41 bits per heavy atom. The molecule has 2 rings (SSSR count).